The highest BCUT2D eigenvalue weighted by atomic mass is 35.5. The molecule has 0 bridgehead atoms. The Morgan fingerprint density at radius 2 is 1.86 bits per heavy atom. The van der Waals surface area contributed by atoms with Gasteiger partial charge in [0.1, 0.15) is 0 Å². The largest absolute Gasteiger partial charge is 0.313 e. The fourth-order valence-electron chi connectivity index (χ4n) is 3.63. The summed E-state index contributed by atoms with van der Waals surface area (Å²) in [7, 11) is 0. The van der Waals surface area contributed by atoms with Gasteiger partial charge >= 0.3 is 0 Å². The van der Waals surface area contributed by atoms with E-state index in [1.54, 1.807) is 0 Å². The molecular formula is C19H30ClN. The minimum atomic E-state index is 0.586. The van der Waals surface area contributed by atoms with Crippen molar-refractivity contribution in [2.45, 2.75) is 64.8 Å². The Bertz CT molecular complexity index is 410. The lowest BCUT2D eigenvalue weighted by Gasteiger charge is -2.34. The number of rotatable bonds is 7. The van der Waals surface area contributed by atoms with E-state index in [0.29, 0.717) is 6.04 Å². The van der Waals surface area contributed by atoms with E-state index in [2.05, 4.69) is 31.3 Å². The Kier molecular flexibility index (Phi) is 7.06. The molecule has 118 valence electrons. The van der Waals surface area contributed by atoms with Gasteiger partial charge in [-0.3, -0.25) is 0 Å². The molecule has 1 atom stereocenters. The van der Waals surface area contributed by atoms with E-state index in [1.807, 2.05) is 12.1 Å². The van der Waals surface area contributed by atoms with Gasteiger partial charge in [0.15, 0.2) is 0 Å². The van der Waals surface area contributed by atoms with Gasteiger partial charge < -0.3 is 5.32 Å². The Morgan fingerprint density at radius 1 is 1.14 bits per heavy atom. The zero-order valence-corrected chi connectivity index (χ0v) is 14.3. The maximum atomic E-state index is 6.36. The Morgan fingerprint density at radius 3 is 2.48 bits per heavy atom. The van der Waals surface area contributed by atoms with Crippen LogP contribution in [0.3, 0.4) is 0 Å². The molecule has 2 rings (SSSR count). The minimum Gasteiger partial charge on any atom is -0.313 e. The average Bonchev–Trinajstić information content (AvgIpc) is 2.53. The number of hydrogen-bond donors (Lipinski definition) is 1. The first kappa shape index (κ1) is 16.8. The van der Waals surface area contributed by atoms with Crippen LogP contribution in [0.25, 0.3) is 0 Å². The van der Waals surface area contributed by atoms with Crippen molar-refractivity contribution in [2.75, 3.05) is 6.54 Å². The van der Waals surface area contributed by atoms with Gasteiger partial charge in [-0.05, 0) is 55.7 Å². The second-order valence-corrected chi connectivity index (χ2v) is 6.95. The first-order valence-electron chi connectivity index (χ1n) is 8.71. The van der Waals surface area contributed by atoms with Gasteiger partial charge in [0.05, 0.1) is 0 Å². The average molecular weight is 308 g/mol. The van der Waals surface area contributed by atoms with Gasteiger partial charge in [0.25, 0.3) is 0 Å². The quantitative estimate of drug-likeness (QED) is 0.704. The molecule has 0 radical (unpaired) electrons. The smallest absolute Gasteiger partial charge is 0.0438 e. The molecule has 0 amide bonds. The lowest BCUT2D eigenvalue weighted by Crippen LogP contribution is -2.40. The molecule has 1 unspecified atom stereocenters. The van der Waals surface area contributed by atoms with E-state index in [0.717, 1.165) is 29.8 Å². The van der Waals surface area contributed by atoms with E-state index in [4.69, 9.17) is 11.6 Å². The molecule has 1 aliphatic rings. The molecular weight excluding hydrogens is 278 g/mol. The van der Waals surface area contributed by atoms with Crippen LogP contribution in [0.4, 0.5) is 0 Å². The Labute approximate surface area is 135 Å². The number of halogens is 1. The van der Waals surface area contributed by atoms with E-state index in [9.17, 15) is 0 Å². The van der Waals surface area contributed by atoms with Crippen LogP contribution in [0.1, 0.15) is 57.9 Å². The van der Waals surface area contributed by atoms with Crippen molar-refractivity contribution >= 4 is 11.6 Å². The molecule has 1 aliphatic carbocycles. The van der Waals surface area contributed by atoms with Crippen LogP contribution in [0.5, 0.6) is 0 Å². The molecule has 0 heterocycles. The predicted molar refractivity (Wildman–Crippen MR) is 93.0 cm³/mol. The molecule has 1 nitrogen and oxygen atoms in total. The van der Waals surface area contributed by atoms with Crippen LogP contribution in [-0.2, 0) is 6.42 Å². The highest BCUT2D eigenvalue weighted by molar-refractivity contribution is 6.31. The molecule has 1 N–H and O–H groups in total. The highest BCUT2D eigenvalue weighted by Crippen LogP contribution is 2.34. The van der Waals surface area contributed by atoms with Crippen LogP contribution in [0.2, 0.25) is 5.02 Å². The van der Waals surface area contributed by atoms with Gasteiger partial charge in [-0.1, -0.05) is 62.9 Å². The van der Waals surface area contributed by atoms with Crippen molar-refractivity contribution in [3.05, 3.63) is 34.9 Å². The van der Waals surface area contributed by atoms with Crippen LogP contribution >= 0.6 is 11.6 Å². The molecule has 1 aromatic rings. The van der Waals surface area contributed by atoms with Crippen molar-refractivity contribution in [1.82, 2.24) is 5.32 Å². The molecule has 0 saturated heterocycles. The van der Waals surface area contributed by atoms with Gasteiger partial charge in [-0.2, -0.15) is 0 Å². The van der Waals surface area contributed by atoms with E-state index in [-0.39, 0.29) is 0 Å². The van der Waals surface area contributed by atoms with E-state index < -0.39 is 0 Å². The molecule has 1 saturated carbocycles. The summed E-state index contributed by atoms with van der Waals surface area (Å²) in [5, 5.41) is 4.71. The van der Waals surface area contributed by atoms with Gasteiger partial charge in [-0.25, -0.2) is 0 Å². The fraction of sp³-hybridized carbons (Fsp3) is 0.684. The number of nitrogens with one attached hydrogen (secondary N) is 1. The fourth-order valence-corrected chi connectivity index (χ4v) is 3.85. The van der Waals surface area contributed by atoms with Crippen molar-refractivity contribution in [3.63, 3.8) is 0 Å². The molecule has 2 heteroatoms. The summed E-state index contributed by atoms with van der Waals surface area (Å²) in [5.41, 5.74) is 1.30. The summed E-state index contributed by atoms with van der Waals surface area (Å²) in [6, 6.07) is 8.91. The maximum Gasteiger partial charge on any atom is 0.0438 e. The van der Waals surface area contributed by atoms with Crippen LogP contribution < -0.4 is 5.32 Å². The van der Waals surface area contributed by atoms with Gasteiger partial charge in [0.2, 0.25) is 0 Å². The Balaban J connectivity index is 1.99. The van der Waals surface area contributed by atoms with Gasteiger partial charge in [0, 0.05) is 11.1 Å². The van der Waals surface area contributed by atoms with Crippen molar-refractivity contribution < 1.29 is 0 Å². The SMILES string of the molecule is CCCNC(Cc1ccccc1Cl)C1CCC(CC)CC1. The molecule has 1 aromatic carbocycles. The summed E-state index contributed by atoms with van der Waals surface area (Å²) < 4.78 is 0. The predicted octanol–water partition coefficient (Wildman–Crippen LogP) is 5.47. The lowest BCUT2D eigenvalue weighted by molar-refractivity contribution is 0.216. The normalized spacial score (nSPS) is 24.0. The summed E-state index contributed by atoms with van der Waals surface area (Å²) in [4.78, 5) is 0. The summed E-state index contributed by atoms with van der Waals surface area (Å²) in [6.45, 7) is 5.69. The summed E-state index contributed by atoms with van der Waals surface area (Å²) in [5.74, 6) is 1.78. The third kappa shape index (κ3) is 5.00. The molecule has 1 fully saturated rings. The van der Waals surface area contributed by atoms with Crippen LogP contribution in [0.15, 0.2) is 24.3 Å². The third-order valence-electron chi connectivity index (χ3n) is 5.09. The first-order chi connectivity index (χ1) is 10.2. The van der Waals surface area contributed by atoms with Crippen molar-refractivity contribution in [1.29, 1.82) is 0 Å². The minimum absolute atomic E-state index is 0.586. The second kappa shape index (κ2) is 8.80. The number of hydrogen-bond acceptors (Lipinski definition) is 1. The topological polar surface area (TPSA) is 12.0 Å². The van der Waals surface area contributed by atoms with Crippen LogP contribution in [0, 0.1) is 11.8 Å². The molecule has 21 heavy (non-hydrogen) atoms. The second-order valence-electron chi connectivity index (χ2n) is 6.55. The first-order valence-corrected chi connectivity index (χ1v) is 9.09. The lowest BCUT2D eigenvalue weighted by atomic mass is 9.76. The zero-order valence-electron chi connectivity index (χ0n) is 13.6. The zero-order chi connectivity index (χ0) is 15.1. The van der Waals surface area contributed by atoms with Crippen molar-refractivity contribution in [3.8, 4) is 0 Å². The summed E-state index contributed by atoms with van der Waals surface area (Å²) in [6.07, 6.45) is 9.20. The van der Waals surface area contributed by atoms with Crippen molar-refractivity contribution in [2.24, 2.45) is 11.8 Å². The Hall–Kier alpha value is -0.530. The molecule has 0 aromatic heterocycles. The number of benzene rings is 1. The van der Waals surface area contributed by atoms with Crippen LogP contribution in [-0.4, -0.2) is 12.6 Å². The monoisotopic (exact) mass is 307 g/mol. The van der Waals surface area contributed by atoms with E-state index in [1.165, 1.54) is 44.1 Å². The van der Waals surface area contributed by atoms with Gasteiger partial charge in [-0.15, -0.1) is 0 Å². The highest BCUT2D eigenvalue weighted by Gasteiger charge is 2.27. The summed E-state index contributed by atoms with van der Waals surface area (Å²) >= 11 is 6.36. The standard InChI is InChI=1S/C19H30ClN/c1-3-13-21-19(14-17-7-5-6-8-18(17)20)16-11-9-15(4-2)10-12-16/h5-8,15-16,19,21H,3-4,9-14H2,1-2H3. The van der Waals surface area contributed by atoms with E-state index >= 15 is 0 Å². The third-order valence-corrected chi connectivity index (χ3v) is 5.46. The molecule has 0 aliphatic heterocycles. The maximum absolute atomic E-state index is 6.36. The molecule has 0 spiro atoms.